The average molecular weight is 410 g/mol. The summed E-state index contributed by atoms with van der Waals surface area (Å²) < 4.78 is 10.6. The van der Waals surface area contributed by atoms with Crippen molar-refractivity contribution >= 4 is 23.2 Å². The Balaban J connectivity index is 1.61. The Morgan fingerprint density at radius 3 is 2.48 bits per heavy atom. The molecule has 0 aliphatic heterocycles. The fourth-order valence-corrected chi connectivity index (χ4v) is 3.72. The van der Waals surface area contributed by atoms with Crippen LogP contribution in [0.2, 0.25) is 0 Å². The van der Waals surface area contributed by atoms with Crippen LogP contribution in [-0.4, -0.2) is 37.5 Å². The fraction of sp³-hybridized carbons (Fsp3) is 0.217. The van der Waals surface area contributed by atoms with E-state index in [1.165, 1.54) is 16.2 Å². The first-order valence-electron chi connectivity index (χ1n) is 9.17. The summed E-state index contributed by atoms with van der Waals surface area (Å²) in [4.78, 5) is 27.0. The highest BCUT2D eigenvalue weighted by Gasteiger charge is 2.19. The van der Waals surface area contributed by atoms with Crippen LogP contribution in [0.15, 0.2) is 60.0 Å². The fourth-order valence-electron chi connectivity index (χ4n) is 2.91. The summed E-state index contributed by atoms with van der Waals surface area (Å²) >= 11 is 1.31. The molecule has 0 radical (unpaired) electrons. The third-order valence-corrected chi connectivity index (χ3v) is 5.46. The third-order valence-electron chi connectivity index (χ3n) is 4.57. The number of nitrogens with zero attached hydrogens (tertiary/aromatic N) is 1. The molecule has 0 atom stereocenters. The molecule has 150 valence electrons. The van der Waals surface area contributed by atoms with E-state index in [0.29, 0.717) is 17.2 Å². The maximum absolute atomic E-state index is 12.6. The Bertz CT molecular complexity index is 994. The standard InChI is InChI=1S/C23H23NO4S/c1-16-8-10-17(11-9-16)19-12-13-29-22(19)23(26)28-15-21(25)24(2)14-18-6-4-5-7-20(18)27-3/h4-13H,14-15H2,1-3H3. The van der Waals surface area contributed by atoms with Gasteiger partial charge in [0.2, 0.25) is 0 Å². The van der Waals surface area contributed by atoms with Crippen LogP contribution in [0, 0.1) is 6.92 Å². The molecule has 1 heterocycles. The first kappa shape index (κ1) is 20.6. The largest absolute Gasteiger partial charge is 0.496 e. The number of carbonyl (C=O) groups excluding carboxylic acids is 2. The predicted octanol–water partition coefficient (Wildman–Crippen LogP) is 4.55. The highest BCUT2D eigenvalue weighted by Crippen LogP contribution is 2.29. The van der Waals surface area contributed by atoms with Crippen LogP contribution in [0.5, 0.6) is 5.75 Å². The summed E-state index contributed by atoms with van der Waals surface area (Å²) in [6, 6.07) is 17.3. The van der Waals surface area contributed by atoms with Crippen molar-refractivity contribution in [3.63, 3.8) is 0 Å². The van der Waals surface area contributed by atoms with E-state index in [-0.39, 0.29) is 12.5 Å². The Morgan fingerprint density at radius 1 is 1.03 bits per heavy atom. The van der Waals surface area contributed by atoms with E-state index in [0.717, 1.165) is 22.3 Å². The van der Waals surface area contributed by atoms with Gasteiger partial charge >= 0.3 is 5.97 Å². The number of hydrogen-bond acceptors (Lipinski definition) is 5. The summed E-state index contributed by atoms with van der Waals surface area (Å²) in [5, 5.41) is 1.85. The number of hydrogen-bond donors (Lipinski definition) is 0. The number of benzene rings is 2. The summed E-state index contributed by atoms with van der Waals surface area (Å²) in [5.74, 6) is -0.0576. The molecule has 0 saturated carbocycles. The minimum absolute atomic E-state index is 0.280. The minimum atomic E-state index is -0.491. The van der Waals surface area contributed by atoms with Gasteiger partial charge < -0.3 is 14.4 Å². The molecule has 0 fully saturated rings. The second-order valence-electron chi connectivity index (χ2n) is 6.67. The van der Waals surface area contributed by atoms with Gasteiger partial charge in [-0.25, -0.2) is 4.79 Å². The molecule has 0 bridgehead atoms. The molecule has 3 rings (SSSR count). The topological polar surface area (TPSA) is 55.8 Å². The quantitative estimate of drug-likeness (QED) is 0.537. The van der Waals surface area contributed by atoms with E-state index < -0.39 is 5.97 Å². The number of methoxy groups -OCH3 is 1. The molecule has 0 aliphatic rings. The molecule has 0 unspecified atom stereocenters. The first-order chi connectivity index (χ1) is 14.0. The average Bonchev–Trinajstić information content (AvgIpc) is 3.22. The second kappa shape index (κ2) is 9.39. The highest BCUT2D eigenvalue weighted by molar-refractivity contribution is 7.12. The Labute approximate surface area is 174 Å². The van der Waals surface area contributed by atoms with Crippen LogP contribution in [0.3, 0.4) is 0 Å². The zero-order valence-electron chi connectivity index (χ0n) is 16.7. The van der Waals surface area contributed by atoms with Crippen molar-refractivity contribution in [2.24, 2.45) is 0 Å². The van der Waals surface area contributed by atoms with Crippen molar-refractivity contribution in [2.75, 3.05) is 20.8 Å². The zero-order chi connectivity index (χ0) is 20.8. The summed E-state index contributed by atoms with van der Waals surface area (Å²) in [6.45, 7) is 2.07. The minimum Gasteiger partial charge on any atom is -0.496 e. The number of likely N-dealkylation sites (N-methyl/N-ethyl adjacent to an activating group) is 1. The maximum atomic E-state index is 12.6. The van der Waals surface area contributed by atoms with Crippen LogP contribution in [0.4, 0.5) is 0 Å². The van der Waals surface area contributed by atoms with Crippen LogP contribution >= 0.6 is 11.3 Å². The lowest BCUT2D eigenvalue weighted by Crippen LogP contribution is -2.30. The SMILES string of the molecule is COc1ccccc1CN(C)C(=O)COC(=O)c1sccc1-c1ccc(C)cc1. The number of thiophene rings is 1. The van der Waals surface area contributed by atoms with Gasteiger partial charge in [0.05, 0.1) is 7.11 Å². The van der Waals surface area contributed by atoms with Crippen molar-refractivity contribution in [1.29, 1.82) is 0 Å². The number of rotatable bonds is 7. The van der Waals surface area contributed by atoms with E-state index in [1.54, 1.807) is 14.2 Å². The summed E-state index contributed by atoms with van der Waals surface area (Å²) in [7, 11) is 3.26. The van der Waals surface area contributed by atoms with Gasteiger partial charge in [-0.05, 0) is 30.0 Å². The Hall–Kier alpha value is -3.12. The van der Waals surface area contributed by atoms with Crippen LogP contribution < -0.4 is 4.74 Å². The second-order valence-corrected chi connectivity index (χ2v) is 7.58. The molecule has 2 aromatic carbocycles. The van der Waals surface area contributed by atoms with Gasteiger partial charge in [0.15, 0.2) is 6.61 Å². The summed E-state index contributed by atoms with van der Waals surface area (Å²) in [5.41, 5.74) is 3.80. The monoisotopic (exact) mass is 409 g/mol. The Kier molecular flexibility index (Phi) is 6.67. The third kappa shape index (κ3) is 5.03. The van der Waals surface area contributed by atoms with Gasteiger partial charge in [-0.15, -0.1) is 11.3 Å². The molecular weight excluding hydrogens is 386 g/mol. The molecule has 6 heteroatoms. The lowest BCUT2D eigenvalue weighted by molar-refractivity contribution is -0.133. The molecule has 29 heavy (non-hydrogen) atoms. The van der Waals surface area contributed by atoms with Crippen LogP contribution in [0.1, 0.15) is 20.8 Å². The van der Waals surface area contributed by atoms with E-state index in [1.807, 2.05) is 66.9 Å². The van der Waals surface area contributed by atoms with Crippen molar-refractivity contribution < 1.29 is 19.1 Å². The van der Waals surface area contributed by atoms with E-state index in [2.05, 4.69) is 0 Å². The van der Waals surface area contributed by atoms with Gasteiger partial charge in [0.1, 0.15) is 10.6 Å². The number of amides is 1. The van der Waals surface area contributed by atoms with E-state index in [4.69, 9.17) is 9.47 Å². The van der Waals surface area contributed by atoms with Gasteiger partial charge in [0.25, 0.3) is 5.91 Å². The highest BCUT2D eigenvalue weighted by atomic mass is 32.1. The smallest absolute Gasteiger partial charge is 0.349 e. The van der Waals surface area contributed by atoms with Gasteiger partial charge in [-0.3, -0.25) is 4.79 Å². The van der Waals surface area contributed by atoms with Crippen molar-refractivity contribution in [3.05, 3.63) is 76.0 Å². The van der Waals surface area contributed by atoms with Gasteiger partial charge in [-0.2, -0.15) is 0 Å². The number of esters is 1. The zero-order valence-corrected chi connectivity index (χ0v) is 17.5. The lowest BCUT2D eigenvalue weighted by Gasteiger charge is -2.18. The van der Waals surface area contributed by atoms with Crippen LogP contribution in [0.25, 0.3) is 11.1 Å². The summed E-state index contributed by atoms with van der Waals surface area (Å²) in [6.07, 6.45) is 0. The maximum Gasteiger partial charge on any atom is 0.349 e. The number of ether oxygens (including phenoxy) is 2. The number of carbonyl (C=O) groups is 2. The lowest BCUT2D eigenvalue weighted by atomic mass is 10.1. The number of aryl methyl sites for hydroxylation is 1. The molecule has 0 saturated heterocycles. The first-order valence-corrected chi connectivity index (χ1v) is 10.0. The molecule has 1 amide bonds. The molecule has 1 aromatic heterocycles. The normalized spacial score (nSPS) is 10.4. The van der Waals surface area contributed by atoms with Crippen LogP contribution in [-0.2, 0) is 16.1 Å². The van der Waals surface area contributed by atoms with E-state index in [9.17, 15) is 9.59 Å². The number of para-hydroxylation sites is 1. The predicted molar refractivity (Wildman–Crippen MR) is 114 cm³/mol. The molecule has 3 aromatic rings. The molecule has 0 aliphatic carbocycles. The molecule has 5 nitrogen and oxygen atoms in total. The molecule has 0 N–H and O–H groups in total. The molecule has 0 spiro atoms. The molecular formula is C23H23NO4S. The van der Waals surface area contributed by atoms with Gasteiger partial charge in [0, 0.05) is 24.7 Å². The Morgan fingerprint density at radius 2 is 1.76 bits per heavy atom. The van der Waals surface area contributed by atoms with Crippen molar-refractivity contribution in [2.45, 2.75) is 13.5 Å². The van der Waals surface area contributed by atoms with Gasteiger partial charge in [-0.1, -0.05) is 48.0 Å². The van der Waals surface area contributed by atoms with Crippen molar-refractivity contribution in [1.82, 2.24) is 4.90 Å². The van der Waals surface area contributed by atoms with E-state index >= 15 is 0 Å². The van der Waals surface area contributed by atoms with Crippen molar-refractivity contribution in [3.8, 4) is 16.9 Å².